The first-order valence-electron chi connectivity index (χ1n) is 5.82. The lowest BCUT2D eigenvalue weighted by molar-refractivity contribution is -0.148. The number of hydrogen-bond acceptors (Lipinski definition) is 6. The van der Waals surface area contributed by atoms with Crippen molar-refractivity contribution in [3.05, 3.63) is 11.7 Å². The van der Waals surface area contributed by atoms with Gasteiger partial charge in [0, 0.05) is 0 Å². The quantitative estimate of drug-likeness (QED) is 0.730. The molecule has 1 aliphatic heterocycles. The van der Waals surface area contributed by atoms with Crippen molar-refractivity contribution in [3.8, 4) is 0 Å². The lowest BCUT2D eigenvalue weighted by atomic mass is 10.0. The normalized spacial score (nSPS) is 21.4. The van der Waals surface area contributed by atoms with Crippen LogP contribution in [0.5, 0.6) is 0 Å². The molecule has 0 amide bonds. The van der Waals surface area contributed by atoms with Crippen LogP contribution >= 0.6 is 0 Å². The Morgan fingerprint density at radius 1 is 1.59 bits per heavy atom. The molecule has 0 N–H and O–H groups in total. The van der Waals surface area contributed by atoms with E-state index >= 15 is 0 Å². The largest absolute Gasteiger partial charge is 0.468 e. The summed E-state index contributed by atoms with van der Waals surface area (Å²) in [5.74, 6) is 0.992. The third-order valence-corrected chi connectivity index (χ3v) is 2.99. The van der Waals surface area contributed by atoms with Crippen LogP contribution < -0.4 is 0 Å². The first kappa shape index (κ1) is 12.0. The summed E-state index contributed by atoms with van der Waals surface area (Å²) < 4.78 is 9.89. The van der Waals surface area contributed by atoms with Crippen LogP contribution in [0, 0.1) is 6.92 Å². The zero-order chi connectivity index (χ0) is 12.3. The van der Waals surface area contributed by atoms with Gasteiger partial charge < -0.3 is 9.26 Å². The molecule has 1 aliphatic rings. The van der Waals surface area contributed by atoms with Crippen LogP contribution in [-0.2, 0) is 16.1 Å². The summed E-state index contributed by atoms with van der Waals surface area (Å²) in [5, 5.41) is 3.74. The van der Waals surface area contributed by atoms with Crippen molar-refractivity contribution >= 4 is 5.97 Å². The van der Waals surface area contributed by atoms with Gasteiger partial charge in [-0.2, -0.15) is 4.98 Å². The van der Waals surface area contributed by atoms with E-state index in [9.17, 15) is 4.79 Å². The van der Waals surface area contributed by atoms with E-state index in [0.717, 1.165) is 25.8 Å². The minimum atomic E-state index is -0.180. The Bertz CT molecular complexity index is 391. The molecular formula is C11H17N3O3. The van der Waals surface area contributed by atoms with E-state index in [-0.39, 0.29) is 12.0 Å². The molecule has 0 spiro atoms. The first-order valence-corrected chi connectivity index (χ1v) is 5.82. The van der Waals surface area contributed by atoms with Gasteiger partial charge in [0.25, 0.3) is 0 Å². The maximum absolute atomic E-state index is 11.6. The van der Waals surface area contributed by atoms with Gasteiger partial charge in [-0.05, 0) is 26.3 Å². The van der Waals surface area contributed by atoms with Crippen molar-refractivity contribution in [2.75, 3.05) is 13.7 Å². The minimum Gasteiger partial charge on any atom is -0.468 e. The van der Waals surface area contributed by atoms with E-state index in [0.29, 0.717) is 18.3 Å². The fourth-order valence-corrected chi connectivity index (χ4v) is 2.16. The van der Waals surface area contributed by atoms with Crippen molar-refractivity contribution in [2.45, 2.75) is 38.8 Å². The molecule has 0 bridgehead atoms. The first-order chi connectivity index (χ1) is 8.20. The number of nitrogens with zero attached hydrogens (tertiary/aromatic N) is 3. The molecule has 6 nitrogen and oxygen atoms in total. The topological polar surface area (TPSA) is 68.5 Å². The van der Waals surface area contributed by atoms with Crippen LogP contribution in [0.2, 0.25) is 0 Å². The predicted octanol–water partition coefficient (Wildman–Crippen LogP) is 0.906. The Hall–Kier alpha value is -1.43. The number of hydrogen-bond donors (Lipinski definition) is 0. The third kappa shape index (κ3) is 2.82. The fourth-order valence-electron chi connectivity index (χ4n) is 2.16. The predicted molar refractivity (Wildman–Crippen MR) is 59.1 cm³/mol. The van der Waals surface area contributed by atoms with Gasteiger partial charge in [-0.1, -0.05) is 11.6 Å². The molecule has 0 saturated carbocycles. The summed E-state index contributed by atoms with van der Waals surface area (Å²) in [6.45, 7) is 3.16. The highest BCUT2D eigenvalue weighted by atomic mass is 16.5. The van der Waals surface area contributed by atoms with Crippen molar-refractivity contribution in [1.82, 2.24) is 15.0 Å². The number of ether oxygens (including phenoxy) is 1. The summed E-state index contributed by atoms with van der Waals surface area (Å²) in [6, 6.07) is -0.180. The maximum Gasteiger partial charge on any atom is 0.323 e. The molecule has 0 unspecified atom stereocenters. The van der Waals surface area contributed by atoms with E-state index < -0.39 is 0 Å². The molecule has 1 saturated heterocycles. The number of methoxy groups -OCH3 is 1. The van der Waals surface area contributed by atoms with Gasteiger partial charge in [0.2, 0.25) is 5.89 Å². The highest BCUT2D eigenvalue weighted by Gasteiger charge is 2.30. The molecule has 1 aromatic heterocycles. The van der Waals surface area contributed by atoms with Gasteiger partial charge in [0.05, 0.1) is 13.7 Å². The number of esters is 1. The second-order valence-corrected chi connectivity index (χ2v) is 4.24. The Morgan fingerprint density at radius 2 is 2.41 bits per heavy atom. The minimum absolute atomic E-state index is 0.180. The van der Waals surface area contributed by atoms with Crippen LogP contribution in [0.15, 0.2) is 4.52 Å². The molecule has 0 radical (unpaired) electrons. The number of aryl methyl sites for hydroxylation is 1. The number of rotatable bonds is 3. The summed E-state index contributed by atoms with van der Waals surface area (Å²) >= 11 is 0. The number of aromatic nitrogens is 2. The molecule has 0 aliphatic carbocycles. The van der Waals surface area contributed by atoms with Crippen LogP contribution in [0.4, 0.5) is 0 Å². The van der Waals surface area contributed by atoms with E-state index in [1.54, 1.807) is 6.92 Å². The summed E-state index contributed by atoms with van der Waals surface area (Å²) in [6.07, 6.45) is 2.97. The lowest BCUT2D eigenvalue weighted by Crippen LogP contribution is -2.44. The molecule has 2 rings (SSSR count). The van der Waals surface area contributed by atoms with Crippen molar-refractivity contribution < 1.29 is 14.1 Å². The number of carbonyl (C=O) groups is 1. The van der Waals surface area contributed by atoms with Gasteiger partial charge in [-0.25, -0.2) is 0 Å². The van der Waals surface area contributed by atoms with Crippen molar-refractivity contribution in [1.29, 1.82) is 0 Å². The number of likely N-dealkylation sites (tertiary alicyclic amines) is 1. The van der Waals surface area contributed by atoms with Gasteiger partial charge >= 0.3 is 5.97 Å². The summed E-state index contributed by atoms with van der Waals surface area (Å²) in [7, 11) is 1.42. The maximum atomic E-state index is 11.6. The average Bonchev–Trinajstić information content (AvgIpc) is 2.74. The average molecular weight is 239 g/mol. The van der Waals surface area contributed by atoms with Crippen molar-refractivity contribution in [3.63, 3.8) is 0 Å². The fraction of sp³-hybridized carbons (Fsp3) is 0.727. The molecule has 0 aromatic carbocycles. The second-order valence-electron chi connectivity index (χ2n) is 4.24. The molecule has 2 heterocycles. The lowest BCUT2D eigenvalue weighted by Gasteiger charge is -2.32. The van der Waals surface area contributed by atoms with Crippen LogP contribution in [0.1, 0.15) is 31.0 Å². The Labute approximate surface area is 99.9 Å². The third-order valence-electron chi connectivity index (χ3n) is 2.99. The van der Waals surface area contributed by atoms with E-state index in [2.05, 4.69) is 10.1 Å². The van der Waals surface area contributed by atoms with Crippen LogP contribution in [0.3, 0.4) is 0 Å². The Balaban J connectivity index is 2.03. The zero-order valence-corrected chi connectivity index (χ0v) is 10.2. The molecule has 1 aromatic rings. The summed E-state index contributed by atoms with van der Waals surface area (Å²) in [5.41, 5.74) is 0. The highest BCUT2D eigenvalue weighted by molar-refractivity contribution is 5.75. The molecule has 94 valence electrons. The molecule has 17 heavy (non-hydrogen) atoms. The molecule has 1 atom stereocenters. The second kappa shape index (κ2) is 5.27. The molecule has 1 fully saturated rings. The van der Waals surface area contributed by atoms with E-state index in [1.165, 1.54) is 7.11 Å². The van der Waals surface area contributed by atoms with Gasteiger partial charge in [-0.3, -0.25) is 9.69 Å². The van der Waals surface area contributed by atoms with E-state index in [4.69, 9.17) is 9.26 Å². The Kier molecular flexibility index (Phi) is 3.73. The monoisotopic (exact) mass is 239 g/mol. The molecular weight excluding hydrogens is 222 g/mol. The Morgan fingerprint density at radius 3 is 3.06 bits per heavy atom. The smallest absolute Gasteiger partial charge is 0.323 e. The van der Waals surface area contributed by atoms with Gasteiger partial charge in [0.15, 0.2) is 5.82 Å². The van der Waals surface area contributed by atoms with E-state index in [1.807, 2.05) is 4.90 Å². The van der Waals surface area contributed by atoms with Gasteiger partial charge in [0.1, 0.15) is 6.04 Å². The summed E-state index contributed by atoms with van der Waals surface area (Å²) in [4.78, 5) is 17.8. The van der Waals surface area contributed by atoms with Gasteiger partial charge in [-0.15, -0.1) is 0 Å². The van der Waals surface area contributed by atoms with Crippen LogP contribution in [0.25, 0.3) is 0 Å². The number of piperidine rings is 1. The zero-order valence-electron chi connectivity index (χ0n) is 10.2. The number of carbonyl (C=O) groups excluding carboxylic acids is 1. The standard InChI is InChI=1S/C11H17N3O3/c1-8-12-10(17-13-8)7-14-6-4-3-5-9(14)11(15)16-2/h9H,3-7H2,1-2H3/t9-/m1/s1. The highest BCUT2D eigenvalue weighted by Crippen LogP contribution is 2.20. The van der Waals surface area contributed by atoms with Crippen molar-refractivity contribution in [2.24, 2.45) is 0 Å². The SMILES string of the molecule is COC(=O)[C@H]1CCCCN1Cc1nc(C)no1. The molecule has 6 heteroatoms. The van der Waals surface area contributed by atoms with Crippen LogP contribution in [-0.4, -0.2) is 40.7 Å².